The van der Waals surface area contributed by atoms with E-state index < -0.39 is 10.9 Å². The van der Waals surface area contributed by atoms with Crippen LogP contribution in [0.15, 0.2) is 53.4 Å². The van der Waals surface area contributed by atoms with Crippen LogP contribution in [0.3, 0.4) is 0 Å². The van der Waals surface area contributed by atoms with Crippen LogP contribution < -0.4 is 10.2 Å². The number of ether oxygens (including phenoxy) is 1. The molecule has 0 unspecified atom stereocenters. The van der Waals surface area contributed by atoms with Crippen LogP contribution in [0.25, 0.3) is 6.08 Å². The topological polar surface area (TPSA) is 122 Å². The lowest BCUT2D eigenvalue weighted by Crippen LogP contribution is -2.33. The van der Waals surface area contributed by atoms with Crippen molar-refractivity contribution in [2.75, 3.05) is 12.0 Å². The van der Waals surface area contributed by atoms with Gasteiger partial charge >= 0.3 is 5.97 Å². The fourth-order valence-electron chi connectivity index (χ4n) is 2.42. The third-order valence-corrected chi connectivity index (χ3v) is 5.18. The van der Waals surface area contributed by atoms with Gasteiger partial charge in [0.15, 0.2) is 4.32 Å². The number of thiocarbonyl (C=S) groups is 1. The molecular formula is C19H15N3O6S2. The molecule has 0 bridgehead atoms. The van der Waals surface area contributed by atoms with Gasteiger partial charge in [-0.2, -0.15) is 0 Å². The first-order valence-electron chi connectivity index (χ1n) is 8.57. The highest BCUT2D eigenvalue weighted by Gasteiger charge is 2.32. The SMILES string of the molecule is O=C(O)CCOc1ccc(/C=C2/SC(=S)N(Nc3ccc([N+](=O)[O-])cc3)C2=O)cc1. The number of carbonyl (C=O) groups is 2. The fourth-order valence-corrected chi connectivity index (χ4v) is 3.60. The number of aliphatic carboxylic acids is 1. The summed E-state index contributed by atoms with van der Waals surface area (Å²) in [6.45, 7) is 0.0711. The minimum atomic E-state index is -0.934. The van der Waals surface area contributed by atoms with Gasteiger partial charge in [-0.1, -0.05) is 23.9 Å². The largest absolute Gasteiger partial charge is 0.493 e. The van der Waals surface area contributed by atoms with Crippen molar-refractivity contribution in [3.8, 4) is 5.75 Å². The van der Waals surface area contributed by atoms with Crippen molar-refractivity contribution in [1.82, 2.24) is 5.01 Å². The zero-order valence-corrected chi connectivity index (χ0v) is 16.9. The van der Waals surface area contributed by atoms with Crippen molar-refractivity contribution in [3.63, 3.8) is 0 Å². The van der Waals surface area contributed by atoms with Crippen molar-refractivity contribution in [2.45, 2.75) is 6.42 Å². The molecule has 2 N–H and O–H groups in total. The van der Waals surface area contributed by atoms with Crippen molar-refractivity contribution >= 4 is 57.6 Å². The number of hydrogen-bond donors (Lipinski definition) is 2. The summed E-state index contributed by atoms with van der Waals surface area (Å²) in [6.07, 6.45) is 1.59. The summed E-state index contributed by atoms with van der Waals surface area (Å²) in [4.78, 5) is 33.8. The summed E-state index contributed by atoms with van der Waals surface area (Å²) in [6, 6.07) is 12.5. The number of hydrogen-bond acceptors (Lipinski definition) is 8. The molecule has 1 amide bonds. The number of non-ortho nitro benzene ring substituents is 1. The lowest BCUT2D eigenvalue weighted by atomic mass is 10.2. The maximum absolute atomic E-state index is 12.7. The molecule has 2 aromatic rings. The van der Waals surface area contributed by atoms with E-state index in [1.807, 2.05) is 0 Å². The van der Waals surface area contributed by atoms with Crippen molar-refractivity contribution in [1.29, 1.82) is 0 Å². The maximum Gasteiger partial charge on any atom is 0.306 e. The van der Waals surface area contributed by atoms with Crippen LogP contribution in [0.4, 0.5) is 11.4 Å². The van der Waals surface area contributed by atoms with Crippen LogP contribution in [0.1, 0.15) is 12.0 Å². The van der Waals surface area contributed by atoms with Crippen LogP contribution in [0.5, 0.6) is 5.75 Å². The molecule has 2 aromatic carbocycles. The number of nitrogens with zero attached hydrogens (tertiary/aromatic N) is 2. The second-order valence-electron chi connectivity index (χ2n) is 5.99. The molecule has 30 heavy (non-hydrogen) atoms. The number of anilines is 1. The van der Waals surface area contributed by atoms with Crippen molar-refractivity contribution in [2.24, 2.45) is 0 Å². The number of rotatable bonds is 8. The molecule has 1 aliphatic rings. The molecule has 0 spiro atoms. The van der Waals surface area contributed by atoms with Gasteiger partial charge in [-0.15, -0.1) is 0 Å². The van der Waals surface area contributed by atoms with Gasteiger partial charge in [0.25, 0.3) is 11.6 Å². The average Bonchev–Trinajstić information content (AvgIpc) is 2.97. The Morgan fingerprint density at radius 2 is 1.90 bits per heavy atom. The van der Waals surface area contributed by atoms with Crippen LogP contribution in [-0.2, 0) is 9.59 Å². The van der Waals surface area contributed by atoms with E-state index in [-0.39, 0.29) is 24.6 Å². The van der Waals surface area contributed by atoms with Gasteiger partial charge in [0.2, 0.25) is 0 Å². The molecule has 0 aliphatic carbocycles. The van der Waals surface area contributed by atoms with Gasteiger partial charge in [-0.25, -0.2) is 5.01 Å². The predicted molar refractivity (Wildman–Crippen MR) is 116 cm³/mol. The number of nitrogens with one attached hydrogen (secondary N) is 1. The first kappa shape index (κ1) is 21.3. The molecule has 1 fully saturated rings. The molecule has 11 heteroatoms. The molecule has 1 heterocycles. The summed E-state index contributed by atoms with van der Waals surface area (Å²) < 4.78 is 5.64. The zero-order chi connectivity index (χ0) is 21.7. The lowest BCUT2D eigenvalue weighted by Gasteiger charge is -2.16. The molecule has 0 radical (unpaired) electrons. The standard InChI is InChI=1S/C19H15N3O6S2/c23-17(24)9-10-28-15-7-1-12(2-8-15)11-16-18(25)21(19(29)30-16)20-13-3-5-14(6-4-13)22(26)27/h1-8,11,20H,9-10H2,(H,23,24)/b16-11+. The molecule has 3 rings (SSSR count). The van der Waals surface area contributed by atoms with E-state index in [9.17, 15) is 19.7 Å². The Kier molecular flexibility index (Phi) is 6.65. The predicted octanol–water partition coefficient (Wildman–Crippen LogP) is 3.68. The van der Waals surface area contributed by atoms with Crippen LogP contribution in [0.2, 0.25) is 0 Å². The van der Waals surface area contributed by atoms with Gasteiger partial charge < -0.3 is 9.84 Å². The Hall–Kier alpha value is -3.44. The number of carboxylic acids is 1. The van der Waals surface area contributed by atoms with Gasteiger partial charge in [-0.05, 0) is 48.1 Å². The smallest absolute Gasteiger partial charge is 0.306 e. The quantitative estimate of drug-likeness (QED) is 0.271. The summed E-state index contributed by atoms with van der Waals surface area (Å²) >= 11 is 6.38. The van der Waals surface area contributed by atoms with E-state index in [1.165, 1.54) is 29.3 Å². The van der Waals surface area contributed by atoms with E-state index >= 15 is 0 Å². The Morgan fingerprint density at radius 3 is 2.50 bits per heavy atom. The van der Waals surface area contributed by atoms with E-state index in [2.05, 4.69) is 5.43 Å². The Balaban J connectivity index is 1.65. The number of carbonyl (C=O) groups excluding carboxylic acids is 1. The Labute approximate surface area is 180 Å². The molecule has 0 aromatic heterocycles. The van der Waals surface area contributed by atoms with Crippen molar-refractivity contribution in [3.05, 3.63) is 69.1 Å². The molecule has 1 saturated heterocycles. The minimum Gasteiger partial charge on any atom is -0.493 e. The number of thioether (sulfide) groups is 1. The third kappa shape index (κ3) is 5.33. The average molecular weight is 445 g/mol. The van der Waals surface area contributed by atoms with E-state index in [0.717, 1.165) is 17.3 Å². The van der Waals surface area contributed by atoms with Gasteiger partial charge in [-0.3, -0.25) is 25.1 Å². The highest BCUT2D eigenvalue weighted by atomic mass is 32.2. The highest BCUT2D eigenvalue weighted by Crippen LogP contribution is 2.33. The molecular weight excluding hydrogens is 430 g/mol. The normalized spacial score (nSPS) is 14.8. The monoisotopic (exact) mass is 445 g/mol. The Bertz CT molecular complexity index is 1020. The van der Waals surface area contributed by atoms with Crippen LogP contribution in [-0.4, -0.2) is 37.8 Å². The number of benzene rings is 2. The summed E-state index contributed by atoms with van der Waals surface area (Å²) in [7, 11) is 0. The molecule has 9 nitrogen and oxygen atoms in total. The van der Waals surface area contributed by atoms with E-state index in [1.54, 1.807) is 30.3 Å². The van der Waals surface area contributed by atoms with Gasteiger partial charge in [0, 0.05) is 12.1 Å². The van der Waals surface area contributed by atoms with Crippen LogP contribution >= 0.6 is 24.0 Å². The lowest BCUT2D eigenvalue weighted by molar-refractivity contribution is -0.384. The summed E-state index contributed by atoms with van der Waals surface area (Å²) in [5, 5.41) is 20.6. The molecule has 1 aliphatic heterocycles. The number of carboxylic acid groups (broad SMARTS) is 1. The molecule has 154 valence electrons. The van der Waals surface area contributed by atoms with Gasteiger partial charge in [0.1, 0.15) is 5.75 Å². The second kappa shape index (κ2) is 9.37. The number of nitro benzene ring substituents is 1. The van der Waals surface area contributed by atoms with Crippen LogP contribution in [0, 0.1) is 10.1 Å². The molecule has 0 atom stereocenters. The van der Waals surface area contributed by atoms with Gasteiger partial charge in [0.05, 0.1) is 28.5 Å². The zero-order valence-electron chi connectivity index (χ0n) is 15.3. The van der Waals surface area contributed by atoms with E-state index in [4.69, 9.17) is 22.1 Å². The minimum absolute atomic E-state index is 0.0544. The fraction of sp³-hybridized carbons (Fsp3) is 0.105. The number of amides is 1. The Morgan fingerprint density at radius 1 is 1.23 bits per heavy atom. The highest BCUT2D eigenvalue weighted by molar-refractivity contribution is 8.26. The summed E-state index contributed by atoms with van der Waals surface area (Å²) in [5.74, 6) is -0.748. The number of hydrazine groups is 1. The molecule has 0 saturated carbocycles. The van der Waals surface area contributed by atoms with E-state index in [0.29, 0.717) is 20.7 Å². The first-order chi connectivity index (χ1) is 14.3. The van der Waals surface area contributed by atoms with Crippen molar-refractivity contribution < 1.29 is 24.4 Å². The number of nitro groups is 1. The third-order valence-electron chi connectivity index (χ3n) is 3.88. The first-order valence-corrected chi connectivity index (χ1v) is 9.79. The summed E-state index contributed by atoms with van der Waals surface area (Å²) in [5.41, 5.74) is 4.03. The second-order valence-corrected chi connectivity index (χ2v) is 7.67. The maximum atomic E-state index is 12.7.